The van der Waals surface area contributed by atoms with E-state index in [1.54, 1.807) is 24.3 Å². The van der Waals surface area contributed by atoms with E-state index < -0.39 is 10.0 Å². The van der Waals surface area contributed by atoms with Gasteiger partial charge in [-0.25, -0.2) is 8.42 Å². The molecule has 2 rings (SSSR count). The fraction of sp³-hybridized carbons (Fsp3) is 0.286. The molecular formula is C14H17NO4S. The van der Waals surface area contributed by atoms with Crippen molar-refractivity contribution in [2.75, 3.05) is 14.2 Å². The van der Waals surface area contributed by atoms with E-state index >= 15 is 0 Å². The summed E-state index contributed by atoms with van der Waals surface area (Å²) < 4.78 is 36.7. The minimum absolute atomic E-state index is 0.161. The van der Waals surface area contributed by atoms with Gasteiger partial charge in [0.15, 0.2) is 0 Å². The zero-order valence-electron chi connectivity index (χ0n) is 11.7. The van der Waals surface area contributed by atoms with Gasteiger partial charge in [-0.1, -0.05) is 6.07 Å². The summed E-state index contributed by atoms with van der Waals surface area (Å²) in [6.45, 7) is 2.01. The van der Waals surface area contributed by atoms with Gasteiger partial charge in [0.25, 0.3) is 0 Å². The molecule has 0 N–H and O–H groups in total. The highest BCUT2D eigenvalue weighted by molar-refractivity contribution is 7.89. The SMILES string of the molecule is COc1ccc(C)cc1S(=O)(=O)N(C)Cc1ccco1. The molecule has 0 saturated carbocycles. The van der Waals surface area contributed by atoms with Crippen LogP contribution in [0.5, 0.6) is 5.75 Å². The van der Waals surface area contributed by atoms with Crippen LogP contribution in [-0.4, -0.2) is 26.9 Å². The first-order chi connectivity index (χ1) is 9.45. The largest absolute Gasteiger partial charge is 0.495 e. The first-order valence-corrected chi connectivity index (χ1v) is 7.52. The summed E-state index contributed by atoms with van der Waals surface area (Å²) in [5.74, 6) is 0.921. The maximum Gasteiger partial charge on any atom is 0.246 e. The number of methoxy groups -OCH3 is 1. The summed E-state index contributed by atoms with van der Waals surface area (Å²) in [6.07, 6.45) is 1.52. The molecule has 0 unspecified atom stereocenters. The minimum Gasteiger partial charge on any atom is -0.495 e. The van der Waals surface area contributed by atoms with Crippen molar-refractivity contribution < 1.29 is 17.6 Å². The van der Waals surface area contributed by atoms with Crippen LogP contribution < -0.4 is 4.74 Å². The van der Waals surface area contributed by atoms with Gasteiger partial charge in [0.2, 0.25) is 10.0 Å². The van der Waals surface area contributed by atoms with Gasteiger partial charge in [-0.15, -0.1) is 0 Å². The molecule has 0 aliphatic rings. The normalized spacial score (nSPS) is 11.8. The molecule has 1 aromatic carbocycles. The van der Waals surface area contributed by atoms with Crippen molar-refractivity contribution in [3.63, 3.8) is 0 Å². The van der Waals surface area contributed by atoms with Crippen molar-refractivity contribution in [2.45, 2.75) is 18.4 Å². The van der Waals surface area contributed by atoms with Gasteiger partial charge in [-0.2, -0.15) is 4.31 Å². The number of sulfonamides is 1. The second-order valence-electron chi connectivity index (χ2n) is 4.49. The van der Waals surface area contributed by atoms with Gasteiger partial charge < -0.3 is 9.15 Å². The molecule has 0 atom stereocenters. The Bertz CT molecular complexity index is 677. The van der Waals surface area contributed by atoms with Gasteiger partial charge in [-0.05, 0) is 36.8 Å². The molecule has 5 nitrogen and oxygen atoms in total. The molecule has 0 aliphatic heterocycles. The highest BCUT2D eigenvalue weighted by Gasteiger charge is 2.25. The predicted molar refractivity (Wildman–Crippen MR) is 75.1 cm³/mol. The van der Waals surface area contributed by atoms with E-state index in [9.17, 15) is 8.42 Å². The highest BCUT2D eigenvalue weighted by Crippen LogP contribution is 2.27. The summed E-state index contributed by atoms with van der Waals surface area (Å²) in [5, 5.41) is 0. The van der Waals surface area contributed by atoms with E-state index in [2.05, 4.69) is 0 Å². The fourth-order valence-corrected chi connectivity index (χ4v) is 3.23. The summed E-state index contributed by atoms with van der Waals surface area (Å²) >= 11 is 0. The van der Waals surface area contributed by atoms with E-state index in [1.165, 1.54) is 24.7 Å². The topological polar surface area (TPSA) is 59.8 Å². The van der Waals surface area contributed by atoms with Crippen LogP contribution in [0.3, 0.4) is 0 Å². The Labute approximate surface area is 118 Å². The number of benzene rings is 1. The molecule has 0 amide bonds. The molecule has 0 fully saturated rings. The Morgan fingerprint density at radius 1 is 1.30 bits per heavy atom. The zero-order chi connectivity index (χ0) is 14.8. The van der Waals surface area contributed by atoms with Crippen LogP contribution in [0.25, 0.3) is 0 Å². The molecule has 6 heteroatoms. The summed E-state index contributed by atoms with van der Waals surface area (Å²) in [7, 11) is -0.664. The van der Waals surface area contributed by atoms with Crippen LogP contribution >= 0.6 is 0 Å². The van der Waals surface area contributed by atoms with Gasteiger partial charge in [0.1, 0.15) is 16.4 Å². The quantitative estimate of drug-likeness (QED) is 0.850. The van der Waals surface area contributed by atoms with Crippen LogP contribution in [0.1, 0.15) is 11.3 Å². The smallest absolute Gasteiger partial charge is 0.246 e. The second kappa shape index (κ2) is 5.68. The van der Waals surface area contributed by atoms with Crippen LogP contribution in [0.4, 0.5) is 0 Å². The van der Waals surface area contributed by atoms with Crippen molar-refractivity contribution in [2.24, 2.45) is 0 Å². The third kappa shape index (κ3) is 2.86. The number of hydrogen-bond acceptors (Lipinski definition) is 4. The third-order valence-electron chi connectivity index (χ3n) is 2.97. The lowest BCUT2D eigenvalue weighted by Gasteiger charge is -2.18. The first kappa shape index (κ1) is 14.6. The monoisotopic (exact) mass is 295 g/mol. The number of hydrogen-bond donors (Lipinski definition) is 0. The molecule has 0 spiro atoms. The zero-order valence-corrected chi connectivity index (χ0v) is 12.5. The average Bonchev–Trinajstić information content (AvgIpc) is 2.91. The van der Waals surface area contributed by atoms with Crippen LogP contribution in [-0.2, 0) is 16.6 Å². The Hall–Kier alpha value is -1.79. The van der Waals surface area contributed by atoms with E-state index in [4.69, 9.17) is 9.15 Å². The van der Waals surface area contributed by atoms with Crippen molar-refractivity contribution in [3.05, 3.63) is 47.9 Å². The molecular weight excluding hydrogens is 278 g/mol. The third-order valence-corrected chi connectivity index (χ3v) is 4.79. The van der Waals surface area contributed by atoms with Crippen molar-refractivity contribution in [3.8, 4) is 5.75 Å². The van der Waals surface area contributed by atoms with Crippen molar-refractivity contribution in [1.82, 2.24) is 4.31 Å². The number of furan rings is 1. The maximum absolute atomic E-state index is 12.6. The average molecular weight is 295 g/mol. The molecule has 2 aromatic rings. The Morgan fingerprint density at radius 3 is 2.65 bits per heavy atom. The fourth-order valence-electron chi connectivity index (χ4n) is 1.86. The molecule has 1 aromatic heterocycles. The Balaban J connectivity index is 2.36. The lowest BCUT2D eigenvalue weighted by atomic mass is 10.2. The molecule has 20 heavy (non-hydrogen) atoms. The Kier molecular flexibility index (Phi) is 4.15. The lowest BCUT2D eigenvalue weighted by Crippen LogP contribution is -2.26. The summed E-state index contributed by atoms with van der Waals surface area (Å²) in [4.78, 5) is 0.161. The molecule has 0 radical (unpaired) electrons. The van der Waals surface area contributed by atoms with Crippen molar-refractivity contribution >= 4 is 10.0 Å². The molecule has 0 aliphatic carbocycles. The van der Waals surface area contributed by atoms with Gasteiger partial charge in [-0.3, -0.25) is 0 Å². The van der Waals surface area contributed by atoms with Crippen LogP contribution in [0.2, 0.25) is 0 Å². The molecule has 0 bridgehead atoms. The summed E-state index contributed by atoms with van der Waals surface area (Å²) in [5.41, 5.74) is 0.857. The predicted octanol–water partition coefficient (Wildman–Crippen LogP) is 2.42. The second-order valence-corrected chi connectivity index (χ2v) is 6.51. The molecule has 1 heterocycles. The van der Waals surface area contributed by atoms with E-state index in [0.29, 0.717) is 11.5 Å². The Morgan fingerprint density at radius 2 is 2.05 bits per heavy atom. The number of aryl methyl sites for hydroxylation is 1. The molecule has 108 valence electrons. The van der Waals surface area contributed by atoms with Crippen LogP contribution in [0, 0.1) is 6.92 Å². The van der Waals surface area contributed by atoms with Gasteiger partial charge in [0, 0.05) is 7.05 Å². The number of nitrogens with zero attached hydrogens (tertiary/aromatic N) is 1. The molecule has 0 saturated heterocycles. The first-order valence-electron chi connectivity index (χ1n) is 6.08. The number of ether oxygens (including phenoxy) is 1. The maximum atomic E-state index is 12.6. The minimum atomic E-state index is -3.63. The lowest BCUT2D eigenvalue weighted by molar-refractivity contribution is 0.388. The number of rotatable bonds is 5. The van der Waals surface area contributed by atoms with Gasteiger partial charge >= 0.3 is 0 Å². The van der Waals surface area contributed by atoms with E-state index in [0.717, 1.165) is 5.56 Å². The standard InChI is InChI=1S/C14H17NO4S/c1-11-6-7-13(18-3)14(9-11)20(16,17)15(2)10-12-5-4-8-19-12/h4-9H,10H2,1-3H3. The highest BCUT2D eigenvalue weighted by atomic mass is 32.2. The van der Waals surface area contributed by atoms with Crippen molar-refractivity contribution in [1.29, 1.82) is 0 Å². The van der Waals surface area contributed by atoms with Gasteiger partial charge in [0.05, 0.1) is 19.9 Å². The van der Waals surface area contributed by atoms with Crippen LogP contribution in [0.15, 0.2) is 45.9 Å². The van der Waals surface area contributed by atoms with E-state index in [-0.39, 0.29) is 11.4 Å². The van der Waals surface area contributed by atoms with E-state index in [1.807, 2.05) is 13.0 Å². The summed E-state index contributed by atoms with van der Waals surface area (Å²) in [6, 6.07) is 8.53.